The Balaban J connectivity index is 2.07. The van der Waals surface area contributed by atoms with Crippen LogP contribution in [0.15, 0.2) is 12.7 Å². The van der Waals surface area contributed by atoms with Crippen LogP contribution in [-0.4, -0.2) is 36.5 Å². The topological polar surface area (TPSA) is 46.6 Å². The van der Waals surface area contributed by atoms with Gasteiger partial charge in [0.2, 0.25) is 5.91 Å². The third kappa shape index (κ3) is 8.19. The molecule has 0 saturated carbocycles. The van der Waals surface area contributed by atoms with Crippen molar-refractivity contribution in [2.24, 2.45) is 5.92 Å². The molecule has 0 aromatic carbocycles. The van der Waals surface area contributed by atoms with Crippen LogP contribution < -0.4 is 0 Å². The first-order valence-corrected chi connectivity index (χ1v) is 9.27. The van der Waals surface area contributed by atoms with Crippen LogP contribution in [0.3, 0.4) is 0 Å². The molecule has 1 rings (SSSR count). The van der Waals surface area contributed by atoms with Crippen LogP contribution in [0.25, 0.3) is 0 Å². The third-order valence-electron chi connectivity index (χ3n) is 4.48. The van der Waals surface area contributed by atoms with E-state index in [0.29, 0.717) is 19.7 Å². The molecule has 0 radical (unpaired) electrons. The van der Waals surface area contributed by atoms with Gasteiger partial charge in [-0.1, -0.05) is 58.4 Å². The number of esters is 1. The first kappa shape index (κ1) is 19.7. The van der Waals surface area contributed by atoms with Crippen molar-refractivity contribution >= 4 is 11.9 Å². The summed E-state index contributed by atoms with van der Waals surface area (Å²) in [6.07, 6.45) is 12.9. The Morgan fingerprint density at radius 2 is 1.78 bits per heavy atom. The zero-order valence-electron chi connectivity index (χ0n) is 14.7. The van der Waals surface area contributed by atoms with Crippen LogP contribution in [0.5, 0.6) is 0 Å². The number of carbonyl (C=O) groups is 2. The molecule has 1 aliphatic rings. The van der Waals surface area contributed by atoms with Crippen LogP contribution in [0.2, 0.25) is 0 Å². The normalized spacial score (nSPS) is 17.8. The molecule has 0 aliphatic carbocycles. The van der Waals surface area contributed by atoms with Gasteiger partial charge in [0, 0.05) is 13.1 Å². The van der Waals surface area contributed by atoms with Gasteiger partial charge in [0.25, 0.3) is 0 Å². The number of unbranched alkanes of at least 4 members (excludes halogenated alkanes) is 7. The fraction of sp³-hybridized carbons (Fsp3) is 0.789. The Morgan fingerprint density at radius 3 is 2.43 bits per heavy atom. The maximum absolute atomic E-state index is 12.1. The van der Waals surface area contributed by atoms with E-state index in [4.69, 9.17) is 4.74 Å². The van der Waals surface area contributed by atoms with Crippen LogP contribution in [-0.2, 0) is 14.3 Å². The van der Waals surface area contributed by atoms with Gasteiger partial charge in [0.1, 0.15) is 0 Å². The van der Waals surface area contributed by atoms with Gasteiger partial charge in [0.15, 0.2) is 0 Å². The first-order valence-electron chi connectivity index (χ1n) is 9.27. The lowest BCUT2D eigenvalue weighted by Gasteiger charge is -2.30. The number of hydrogen-bond acceptors (Lipinski definition) is 3. The summed E-state index contributed by atoms with van der Waals surface area (Å²) in [4.78, 5) is 25.4. The minimum Gasteiger partial charge on any atom is -0.465 e. The second-order valence-corrected chi connectivity index (χ2v) is 6.47. The van der Waals surface area contributed by atoms with Crippen molar-refractivity contribution in [1.82, 2.24) is 4.90 Å². The summed E-state index contributed by atoms with van der Waals surface area (Å²) in [6, 6.07) is 0. The Morgan fingerprint density at radius 1 is 1.13 bits per heavy atom. The van der Waals surface area contributed by atoms with Gasteiger partial charge < -0.3 is 9.64 Å². The van der Waals surface area contributed by atoms with Crippen molar-refractivity contribution < 1.29 is 14.3 Å². The number of piperidine rings is 1. The van der Waals surface area contributed by atoms with Crippen molar-refractivity contribution in [3.63, 3.8) is 0 Å². The van der Waals surface area contributed by atoms with E-state index in [1.54, 1.807) is 4.90 Å². The molecule has 0 spiro atoms. The second-order valence-electron chi connectivity index (χ2n) is 6.47. The largest absolute Gasteiger partial charge is 0.465 e. The van der Waals surface area contributed by atoms with E-state index < -0.39 is 0 Å². The Labute approximate surface area is 141 Å². The number of hydrogen-bond donors (Lipinski definition) is 0. The molecule has 0 N–H and O–H groups in total. The zero-order valence-corrected chi connectivity index (χ0v) is 14.7. The summed E-state index contributed by atoms with van der Waals surface area (Å²) in [7, 11) is 0. The summed E-state index contributed by atoms with van der Waals surface area (Å²) < 4.78 is 5.39. The van der Waals surface area contributed by atoms with E-state index in [1.807, 2.05) is 0 Å². The molecule has 0 aromatic rings. The number of rotatable bonds is 11. The van der Waals surface area contributed by atoms with Crippen LogP contribution in [0.4, 0.5) is 0 Å². The molecular weight excluding hydrogens is 290 g/mol. The molecule has 0 aromatic heterocycles. The Bertz CT molecular complexity index is 368. The maximum Gasteiger partial charge on any atom is 0.310 e. The van der Waals surface area contributed by atoms with Crippen LogP contribution in [0, 0.1) is 5.92 Å². The third-order valence-corrected chi connectivity index (χ3v) is 4.48. The molecule has 1 saturated heterocycles. The van der Waals surface area contributed by atoms with Gasteiger partial charge >= 0.3 is 5.97 Å². The van der Waals surface area contributed by atoms with Crippen molar-refractivity contribution in [3.05, 3.63) is 12.7 Å². The van der Waals surface area contributed by atoms with Crippen molar-refractivity contribution in [1.29, 1.82) is 0 Å². The average molecular weight is 323 g/mol. The summed E-state index contributed by atoms with van der Waals surface area (Å²) in [5.41, 5.74) is 0. The molecule has 4 heteroatoms. The lowest BCUT2D eigenvalue weighted by atomic mass is 9.98. The second kappa shape index (κ2) is 12.1. The van der Waals surface area contributed by atoms with Crippen LogP contribution >= 0.6 is 0 Å². The summed E-state index contributed by atoms with van der Waals surface area (Å²) >= 11 is 0. The van der Waals surface area contributed by atoms with E-state index in [0.717, 1.165) is 25.7 Å². The number of amides is 1. The maximum atomic E-state index is 12.1. The molecule has 1 atom stereocenters. The summed E-state index contributed by atoms with van der Waals surface area (Å²) in [6.45, 7) is 7.43. The molecule has 0 bridgehead atoms. The quantitative estimate of drug-likeness (QED) is 0.327. The van der Waals surface area contributed by atoms with Crippen molar-refractivity contribution in [2.45, 2.75) is 71.1 Å². The van der Waals surface area contributed by atoms with E-state index in [1.165, 1.54) is 44.6 Å². The lowest BCUT2D eigenvalue weighted by Crippen LogP contribution is -2.42. The van der Waals surface area contributed by atoms with Gasteiger partial charge in [-0.15, -0.1) is 0 Å². The van der Waals surface area contributed by atoms with Crippen molar-refractivity contribution in [3.8, 4) is 0 Å². The van der Waals surface area contributed by atoms with Gasteiger partial charge in [0.05, 0.1) is 12.5 Å². The highest BCUT2D eigenvalue weighted by Gasteiger charge is 2.28. The number of ether oxygens (including phenoxy) is 1. The summed E-state index contributed by atoms with van der Waals surface area (Å²) in [5, 5.41) is 0. The first-order chi connectivity index (χ1) is 11.2. The highest BCUT2D eigenvalue weighted by Crippen LogP contribution is 2.18. The molecule has 1 aliphatic heterocycles. The summed E-state index contributed by atoms with van der Waals surface area (Å²) in [5.74, 6) is -0.401. The number of carbonyl (C=O) groups excluding carboxylic acids is 2. The molecule has 1 fully saturated rings. The number of likely N-dealkylation sites (tertiary alicyclic amines) is 1. The highest BCUT2D eigenvalue weighted by atomic mass is 16.5. The van der Waals surface area contributed by atoms with E-state index in [2.05, 4.69) is 13.5 Å². The Hall–Kier alpha value is -1.32. The van der Waals surface area contributed by atoms with Gasteiger partial charge in [-0.2, -0.15) is 0 Å². The Kier molecular flexibility index (Phi) is 10.4. The van der Waals surface area contributed by atoms with Crippen LogP contribution in [0.1, 0.15) is 71.1 Å². The van der Waals surface area contributed by atoms with Gasteiger partial charge in [-0.05, 0) is 25.3 Å². The standard InChI is InChI=1S/C19H33NO3/c1-3-5-6-7-8-9-10-11-15-23-19(22)17-13-12-14-20(16-17)18(21)4-2/h4,17H,2-3,5-16H2,1H3. The average Bonchev–Trinajstić information content (AvgIpc) is 2.59. The molecule has 1 amide bonds. The van der Waals surface area contributed by atoms with Gasteiger partial charge in [-0.3, -0.25) is 9.59 Å². The highest BCUT2D eigenvalue weighted by molar-refractivity contribution is 5.87. The number of nitrogens with zero attached hydrogens (tertiary/aromatic N) is 1. The van der Waals surface area contributed by atoms with Gasteiger partial charge in [-0.25, -0.2) is 0 Å². The minimum atomic E-state index is -0.165. The SMILES string of the molecule is C=CC(=O)N1CCCC(C(=O)OCCCCCCCCCC)C1. The predicted octanol–water partition coefficient (Wildman–Crippen LogP) is 4.09. The smallest absolute Gasteiger partial charge is 0.310 e. The minimum absolute atomic E-state index is 0.0921. The molecule has 1 heterocycles. The molecule has 4 nitrogen and oxygen atoms in total. The molecule has 23 heavy (non-hydrogen) atoms. The van der Waals surface area contributed by atoms with E-state index >= 15 is 0 Å². The van der Waals surface area contributed by atoms with E-state index in [-0.39, 0.29) is 17.8 Å². The molecular formula is C19H33NO3. The van der Waals surface area contributed by atoms with E-state index in [9.17, 15) is 9.59 Å². The predicted molar refractivity (Wildman–Crippen MR) is 93.1 cm³/mol. The fourth-order valence-electron chi connectivity index (χ4n) is 3.03. The zero-order chi connectivity index (χ0) is 16.9. The lowest BCUT2D eigenvalue weighted by molar-refractivity contribution is -0.151. The fourth-order valence-corrected chi connectivity index (χ4v) is 3.03. The monoisotopic (exact) mass is 323 g/mol. The molecule has 1 unspecified atom stereocenters. The van der Waals surface area contributed by atoms with Crippen molar-refractivity contribution in [2.75, 3.05) is 19.7 Å². The molecule has 132 valence electrons.